The van der Waals surface area contributed by atoms with E-state index in [0.29, 0.717) is 11.6 Å². The van der Waals surface area contributed by atoms with E-state index in [-0.39, 0.29) is 17.0 Å². The van der Waals surface area contributed by atoms with E-state index in [0.717, 1.165) is 0 Å². The van der Waals surface area contributed by atoms with Crippen LogP contribution in [0.3, 0.4) is 0 Å². The summed E-state index contributed by atoms with van der Waals surface area (Å²) in [4.78, 5) is 12.1. The van der Waals surface area contributed by atoms with Crippen molar-refractivity contribution in [2.75, 3.05) is 5.32 Å². The minimum atomic E-state index is -0.318. The van der Waals surface area contributed by atoms with Crippen LogP contribution in [0.15, 0.2) is 42.7 Å². The molecule has 8 heteroatoms. The molecule has 1 N–H and O–H groups in total. The highest BCUT2D eigenvalue weighted by Crippen LogP contribution is 2.15. The lowest BCUT2D eigenvalue weighted by molar-refractivity contribution is 0.628. The molecule has 0 saturated heterocycles. The van der Waals surface area contributed by atoms with E-state index in [9.17, 15) is 4.39 Å². The van der Waals surface area contributed by atoms with E-state index in [2.05, 4.69) is 25.4 Å². The zero-order valence-corrected chi connectivity index (χ0v) is 10.8. The third kappa shape index (κ3) is 2.72. The van der Waals surface area contributed by atoms with Gasteiger partial charge in [0.25, 0.3) is 5.95 Å². The van der Waals surface area contributed by atoms with Gasteiger partial charge in [0.05, 0.1) is 0 Å². The van der Waals surface area contributed by atoms with Gasteiger partial charge in [0.1, 0.15) is 5.82 Å². The maximum Gasteiger partial charge on any atom is 0.256 e. The Morgan fingerprint density at radius 2 is 1.90 bits per heavy atom. The standard InChI is InChI=1S/C12H8ClFN6/c13-10-17-11(16-9-4-2-8(14)3-5-9)19-12(18-10)20-7-1-6-15-20/h1-7H,(H,16,17,18,19). The molecular formula is C12H8ClFN6. The molecule has 0 spiro atoms. The molecule has 0 bridgehead atoms. The number of hydrogen-bond donors (Lipinski definition) is 1. The zero-order chi connectivity index (χ0) is 13.9. The Balaban J connectivity index is 1.92. The molecule has 6 nitrogen and oxygen atoms in total. The SMILES string of the molecule is Fc1ccc(Nc2nc(Cl)nc(-n3cccn3)n2)cc1. The summed E-state index contributed by atoms with van der Waals surface area (Å²) in [6.45, 7) is 0. The predicted molar refractivity (Wildman–Crippen MR) is 71.6 cm³/mol. The minimum absolute atomic E-state index is 0.0371. The molecule has 0 fully saturated rings. The largest absolute Gasteiger partial charge is 0.324 e. The summed E-state index contributed by atoms with van der Waals surface area (Å²) in [5.74, 6) is 0.225. The topological polar surface area (TPSA) is 68.5 Å². The van der Waals surface area contributed by atoms with Crippen molar-refractivity contribution in [3.63, 3.8) is 0 Å². The average Bonchev–Trinajstić information content (AvgIpc) is 2.95. The van der Waals surface area contributed by atoms with E-state index >= 15 is 0 Å². The van der Waals surface area contributed by atoms with Crippen LogP contribution in [0, 0.1) is 5.82 Å². The number of benzene rings is 1. The first kappa shape index (κ1) is 12.5. The number of nitrogens with one attached hydrogen (secondary N) is 1. The van der Waals surface area contributed by atoms with Crippen molar-refractivity contribution in [2.45, 2.75) is 0 Å². The summed E-state index contributed by atoms with van der Waals surface area (Å²) < 4.78 is 14.3. The molecule has 1 aromatic carbocycles. The van der Waals surface area contributed by atoms with Crippen LogP contribution < -0.4 is 5.32 Å². The Labute approximate surface area is 118 Å². The molecule has 2 heterocycles. The Bertz CT molecular complexity index is 713. The maximum absolute atomic E-state index is 12.8. The van der Waals surface area contributed by atoms with Crippen molar-refractivity contribution in [1.82, 2.24) is 24.7 Å². The van der Waals surface area contributed by atoms with E-state index < -0.39 is 0 Å². The van der Waals surface area contributed by atoms with Gasteiger partial charge in [0.15, 0.2) is 0 Å². The lowest BCUT2D eigenvalue weighted by Crippen LogP contribution is -2.06. The highest BCUT2D eigenvalue weighted by molar-refractivity contribution is 6.28. The maximum atomic E-state index is 12.8. The van der Waals surface area contributed by atoms with Crippen molar-refractivity contribution in [3.8, 4) is 5.95 Å². The van der Waals surface area contributed by atoms with Gasteiger partial charge in [-0.15, -0.1) is 0 Å². The summed E-state index contributed by atoms with van der Waals surface area (Å²) in [5.41, 5.74) is 0.639. The Morgan fingerprint density at radius 3 is 2.60 bits per heavy atom. The molecule has 0 amide bonds. The van der Waals surface area contributed by atoms with Gasteiger partial charge in [-0.25, -0.2) is 9.07 Å². The molecule has 0 unspecified atom stereocenters. The molecule has 0 radical (unpaired) electrons. The number of nitrogens with zero attached hydrogens (tertiary/aromatic N) is 5. The van der Waals surface area contributed by atoms with Gasteiger partial charge in [-0.2, -0.15) is 20.1 Å². The van der Waals surface area contributed by atoms with E-state index in [1.807, 2.05) is 0 Å². The fraction of sp³-hybridized carbons (Fsp3) is 0. The van der Waals surface area contributed by atoms with Gasteiger partial charge in [0.2, 0.25) is 11.2 Å². The highest BCUT2D eigenvalue weighted by atomic mass is 35.5. The summed E-state index contributed by atoms with van der Waals surface area (Å²) in [6.07, 6.45) is 3.29. The van der Waals surface area contributed by atoms with Gasteiger partial charge < -0.3 is 5.32 Å². The second-order valence-electron chi connectivity index (χ2n) is 3.81. The third-order valence-electron chi connectivity index (χ3n) is 2.41. The van der Waals surface area contributed by atoms with Crippen LogP contribution in [0.1, 0.15) is 0 Å². The van der Waals surface area contributed by atoms with Crippen molar-refractivity contribution < 1.29 is 4.39 Å². The minimum Gasteiger partial charge on any atom is -0.324 e. The Morgan fingerprint density at radius 1 is 1.10 bits per heavy atom. The van der Waals surface area contributed by atoms with Gasteiger partial charge in [-0.3, -0.25) is 0 Å². The first-order valence-electron chi connectivity index (χ1n) is 5.65. The molecule has 0 saturated carbocycles. The summed E-state index contributed by atoms with van der Waals surface area (Å²) in [6, 6.07) is 7.55. The Kier molecular flexibility index (Phi) is 3.26. The van der Waals surface area contributed by atoms with Crippen molar-refractivity contribution in [1.29, 1.82) is 0 Å². The molecule has 20 heavy (non-hydrogen) atoms. The molecule has 100 valence electrons. The van der Waals surface area contributed by atoms with E-state index in [1.165, 1.54) is 16.8 Å². The molecular weight excluding hydrogens is 283 g/mol. The van der Waals surface area contributed by atoms with Gasteiger partial charge in [-0.05, 0) is 41.9 Å². The first-order valence-corrected chi connectivity index (χ1v) is 6.03. The average molecular weight is 291 g/mol. The number of anilines is 2. The van der Waals surface area contributed by atoms with Crippen LogP contribution in [0.25, 0.3) is 5.95 Å². The lowest BCUT2D eigenvalue weighted by Gasteiger charge is -2.06. The van der Waals surface area contributed by atoms with Crippen LogP contribution in [-0.2, 0) is 0 Å². The van der Waals surface area contributed by atoms with E-state index in [1.54, 1.807) is 30.6 Å². The number of rotatable bonds is 3. The monoisotopic (exact) mass is 290 g/mol. The predicted octanol–water partition coefficient (Wildman–Crippen LogP) is 2.59. The molecule has 0 atom stereocenters. The Hall–Kier alpha value is -2.54. The van der Waals surface area contributed by atoms with Crippen molar-refractivity contribution in [3.05, 3.63) is 53.8 Å². The molecule has 0 aliphatic carbocycles. The summed E-state index contributed by atoms with van der Waals surface area (Å²) >= 11 is 5.86. The normalized spacial score (nSPS) is 10.5. The van der Waals surface area contributed by atoms with Crippen LogP contribution >= 0.6 is 11.6 Å². The van der Waals surface area contributed by atoms with Gasteiger partial charge in [-0.1, -0.05) is 0 Å². The first-order chi connectivity index (χ1) is 9.70. The smallest absolute Gasteiger partial charge is 0.256 e. The van der Waals surface area contributed by atoms with Crippen LogP contribution in [0.5, 0.6) is 0 Å². The number of aromatic nitrogens is 5. The number of hydrogen-bond acceptors (Lipinski definition) is 5. The molecule has 0 aliphatic rings. The quantitative estimate of drug-likeness (QED) is 0.803. The molecule has 2 aromatic heterocycles. The summed E-state index contributed by atoms with van der Waals surface area (Å²) in [5, 5.41) is 6.97. The zero-order valence-electron chi connectivity index (χ0n) is 10.0. The number of halogens is 2. The fourth-order valence-corrected chi connectivity index (χ4v) is 1.70. The van der Waals surface area contributed by atoms with Gasteiger partial charge >= 0.3 is 0 Å². The fourth-order valence-electron chi connectivity index (χ4n) is 1.55. The van der Waals surface area contributed by atoms with Crippen molar-refractivity contribution >= 4 is 23.2 Å². The van der Waals surface area contributed by atoms with E-state index in [4.69, 9.17) is 11.6 Å². The molecule has 3 rings (SSSR count). The molecule has 3 aromatic rings. The lowest BCUT2D eigenvalue weighted by atomic mass is 10.3. The van der Waals surface area contributed by atoms with Crippen LogP contribution in [-0.4, -0.2) is 24.7 Å². The summed E-state index contributed by atoms with van der Waals surface area (Å²) in [7, 11) is 0. The molecule has 0 aliphatic heterocycles. The van der Waals surface area contributed by atoms with Crippen LogP contribution in [0.4, 0.5) is 16.0 Å². The second kappa shape index (κ2) is 5.22. The second-order valence-corrected chi connectivity index (χ2v) is 4.15. The highest BCUT2D eigenvalue weighted by Gasteiger charge is 2.07. The third-order valence-corrected chi connectivity index (χ3v) is 2.58. The van der Waals surface area contributed by atoms with Gasteiger partial charge in [0, 0.05) is 18.1 Å². The van der Waals surface area contributed by atoms with Crippen LogP contribution in [0.2, 0.25) is 5.28 Å². The van der Waals surface area contributed by atoms with Crippen molar-refractivity contribution in [2.24, 2.45) is 0 Å².